The van der Waals surface area contributed by atoms with Gasteiger partial charge in [0.15, 0.2) is 0 Å². The molecule has 1 N–H and O–H groups in total. The maximum atomic E-state index is 9.45. The molecule has 3 nitrogen and oxygen atoms in total. The summed E-state index contributed by atoms with van der Waals surface area (Å²) in [7, 11) is 1.91. The first-order valence-electron chi connectivity index (χ1n) is 4.80. The summed E-state index contributed by atoms with van der Waals surface area (Å²) in [6.07, 6.45) is 3.56. The first-order chi connectivity index (χ1) is 6.13. The Morgan fingerprint density at radius 2 is 2.31 bits per heavy atom. The Labute approximate surface area is 79.4 Å². The lowest BCUT2D eigenvalue weighted by Gasteiger charge is -2.16. The van der Waals surface area contributed by atoms with E-state index in [-0.39, 0.29) is 6.10 Å². The van der Waals surface area contributed by atoms with Gasteiger partial charge in [-0.1, -0.05) is 13.3 Å². The van der Waals surface area contributed by atoms with Crippen molar-refractivity contribution in [2.45, 2.75) is 32.8 Å². The fraction of sp³-hybridized carbons (Fsp3) is 0.700. The topological polar surface area (TPSA) is 38.0 Å². The Morgan fingerprint density at radius 1 is 1.62 bits per heavy atom. The van der Waals surface area contributed by atoms with Crippen LogP contribution in [0.3, 0.4) is 0 Å². The van der Waals surface area contributed by atoms with Crippen LogP contribution in [0.1, 0.15) is 26.0 Å². The second-order valence-electron chi connectivity index (χ2n) is 3.59. The van der Waals surface area contributed by atoms with E-state index in [1.165, 1.54) is 0 Å². The van der Waals surface area contributed by atoms with E-state index in [2.05, 4.69) is 12.0 Å². The van der Waals surface area contributed by atoms with Crippen LogP contribution in [0.5, 0.6) is 0 Å². The Balaban J connectivity index is 2.56. The number of nitrogens with zero attached hydrogens (tertiary/aromatic N) is 2. The molecule has 0 aliphatic heterocycles. The van der Waals surface area contributed by atoms with Crippen LogP contribution >= 0.6 is 0 Å². The second kappa shape index (κ2) is 4.42. The molecule has 0 fully saturated rings. The first-order valence-corrected chi connectivity index (χ1v) is 4.80. The van der Waals surface area contributed by atoms with Gasteiger partial charge < -0.3 is 5.11 Å². The molecule has 1 aromatic heterocycles. The Kier molecular flexibility index (Phi) is 3.48. The van der Waals surface area contributed by atoms with E-state index in [9.17, 15) is 5.11 Å². The predicted octanol–water partition coefficient (Wildman–Crippen LogP) is 1.37. The van der Waals surface area contributed by atoms with Crippen molar-refractivity contribution in [3.8, 4) is 0 Å². The second-order valence-corrected chi connectivity index (χ2v) is 3.59. The molecule has 0 aliphatic carbocycles. The smallest absolute Gasteiger partial charge is 0.0628 e. The van der Waals surface area contributed by atoms with E-state index in [0.717, 1.165) is 18.5 Å². The fourth-order valence-electron chi connectivity index (χ4n) is 1.50. The van der Waals surface area contributed by atoms with Gasteiger partial charge in [0.25, 0.3) is 0 Å². The molecule has 0 saturated heterocycles. The van der Waals surface area contributed by atoms with Crippen molar-refractivity contribution in [1.82, 2.24) is 9.78 Å². The summed E-state index contributed by atoms with van der Waals surface area (Å²) in [6, 6.07) is 2.00. The van der Waals surface area contributed by atoms with Gasteiger partial charge in [-0.3, -0.25) is 4.68 Å². The molecule has 1 rings (SSSR count). The Bertz CT molecular complexity index is 255. The lowest BCUT2D eigenvalue weighted by Crippen LogP contribution is -2.18. The fourth-order valence-corrected chi connectivity index (χ4v) is 1.50. The zero-order valence-electron chi connectivity index (χ0n) is 8.57. The van der Waals surface area contributed by atoms with Crippen LogP contribution in [0.2, 0.25) is 0 Å². The monoisotopic (exact) mass is 182 g/mol. The van der Waals surface area contributed by atoms with Crippen molar-refractivity contribution < 1.29 is 5.11 Å². The van der Waals surface area contributed by atoms with E-state index >= 15 is 0 Å². The van der Waals surface area contributed by atoms with E-state index < -0.39 is 0 Å². The van der Waals surface area contributed by atoms with Crippen LogP contribution in [0.4, 0.5) is 0 Å². The van der Waals surface area contributed by atoms with Crippen LogP contribution in [-0.2, 0) is 13.5 Å². The van der Waals surface area contributed by atoms with Crippen molar-refractivity contribution in [3.63, 3.8) is 0 Å². The molecular formula is C10H18N2O. The van der Waals surface area contributed by atoms with E-state index in [1.54, 1.807) is 4.68 Å². The largest absolute Gasteiger partial charge is 0.393 e. The number of hydrogen-bond acceptors (Lipinski definition) is 2. The Hall–Kier alpha value is -0.830. The third kappa shape index (κ3) is 2.84. The molecule has 0 radical (unpaired) electrons. The zero-order valence-corrected chi connectivity index (χ0v) is 8.57. The zero-order chi connectivity index (χ0) is 9.84. The molecule has 0 aromatic carbocycles. The minimum absolute atomic E-state index is 0.244. The Morgan fingerprint density at radius 3 is 2.69 bits per heavy atom. The van der Waals surface area contributed by atoms with Gasteiger partial charge in [-0.2, -0.15) is 5.10 Å². The summed E-state index contributed by atoms with van der Waals surface area (Å²) in [5.41, 5.74) is 1.07. The summed E-state index contributed by atoms with van der Waals surface area (Å²) in [6.45, 7) is 3.94. The molecule has 74 valence electrons. The van der Waals surface area contributed by atoms with Gasteiger partial charge in [-0.15, -0.1) is 0 Å². The van der Waals surface area contributed by atoms with E-state index in [0.29, 0.717) is 5.92 Å². The average molecular weight is 182 g/mol. The molecule has 0 spiro atoms. The van der Waals surface area contributed by atoms with Gasteiger partial charge in [-0.25, -0.2) is 0 Å². The number of aliphatic hydroxyl groups is 1. The summed E-state index contributed by atoms with van der Waals surface area (Å²) in [4.78, 5) is 0. The third-order valence-electron chi connectivity index (χ3n) is 2.45. The standard InChI is InChI=1S/C10H18N2O/c1-4-9(8(2)13)7-10-5-6-12(3)11-10/h5-6,8-9,13H,4,7H2,1-3H3. The van der Waals surface area contributed by atoms with Crippen molar-refractivity contribution >= 4 is 0 Å². The first kappa shape index (κ1) is 10.3. The lowest BCUT2D eigenvalue weighted by atomic mass is 9.95. The van der Waals surface area contributed by atoms with Gasteiger partial charge in [0.1, 0.15) is 0 Å². The number of aromatic nitrogens is 2. The van der Waals surface area contributed by atoms with Gasteiger partial charge in [0.2, 0.25) is 0 Å². The van der Waals surface area contributed by atoms with Crippen LogP contribution in [0.25, 0.3) is 0 Å². The molecule has 1 aromatic rings. The number of aryl methyl sites for hydroxylation is 1. The third-order valence-corrected chi connectivity index (χ3v) is 2.45. The van der Waals surface area contributed by atoms with Gasteiger partial charge in [0.05, 0.1) is 11.8 Å². The summed E-state index contributed by atoms with van der Waals surface area (Å²) < 4.78 is 1.80. The summed E-state index contributed by atoms with van der Waals surface area (Å²) in [5, 5.41) is 13.7. The minimum atomic E-state index is -0.244. The van der Waals surface area contributed by atoms with E-state index in [1.807, 2.05) is 26.2 Å². The molecule has 1 heterocycles. The number of aliphatic hydroxyl groups excluding tert-OH is 1. The highest BCUT2D eigenvalue weighted by Crippen LogP contribution is 2.14. The molecule has 0 amide bonds. The molecule has 2 atom stereocenters. The molecule has 2 unspecified atom stereocenters. The van der Waals surface area contributed by atoms with Crippen LogP contribution < -0.4 is 0 Å². The van der Waals surface area contributed by atoms with Gasteiger partial charge in [-0.05, 0) is 25.3 Å². The summed E-state index contributed by atoms with van der Waals surface area (Å²) in [5.74, 6) is 0.329. The SMILES string of the molecule is CCC(Cc1ccn(C)n1)C(C)O. The van der Waals surface area contributed by atoms with Crippen molar-refractivity contribution in [2.75, 3.05) is 0 Å². The molecule has 0 aliphatic rings. The maximum Gasteiger partial charge on any atom is 0.0628 e. The summed E-state index contributed by atoms with van der Waals surface area (Å²) >= 11 is 0. The molecular weight excluding hydrogens is 164 g/mol. The highest BCUT2D eigenvalue weighted by atomic mass is 16.3. The van der Waals surface area contributed by atoms with Crippen molar-refractivity contribution in [3.05, 3.63) is 18.0 Å². The molecule has 0 saturated carbocycles. The predicted molar refractivity (Wildman–Crippen MR) is 52.4 cm³/mol. The number of rotatable bonds is 4. The van der Waals surface area contributed by atoms with Crippen LogP contribution in [0, 0.1) is 5.92 Å². The highest BCUT2D eigenvalue weighted by Gasteiger charge is 2.14. The normalized spacial score (nSPS) is 15.7. The quantitative estimate of drug-likeness (QED) is 0.763. The molecule has 0 bridgehead atoms. The average Bonchev–Trinajstić information content (AvgIpc) is 2.46. The van der Waals surface area contributed by atoms with Crippen LogP contribution in [0.15, 0.2) is 12.3 Å². The minimum Gasteiger partial charge on any atom is -0.393 e. The molecule has 13 heavy (non-hydrogen) atoms. The van der Waals surface area contributed by atoms with E-state index in [4.69, 9.17) is 0 Å². The lowest BCUT2D eigenvalue weighted by molar-refractivity contribution is 0.122. The number of hydrogen-bond donors (Lipinski definition) is 1. The molecule has 3 heteroatoms. The highest BCUT2D eigenvalue weighted by molar-refractivity contribution is 5.00. The van der Waals surface area contributed by atoms with Gasteiger partial charge >= 0.3 is 0 Å². The van der Waals surface area contributed by atoms with Crippen molar-refractivity contribution in [2.24, 2.45) is 13.0 Å². The van der Waals surface area contributed by atoms with Crippen molar-refractivity contribution in [1.29, 1.82) is 0 Å². The van der Waals surface area contributed by atoms with Gasteiger partial charge in [0, 0.05) is 13.2 Å². The maximum absolute atomic E-state index is 9.45. The van der Waals surface area contributed by atoms with Crippen LogP contribution in [-0.4, -0.2) is 21.0 Å².